The SMILES string of the molecule is OB=CO. The van der Waals surface area contributed by atoms with E-state index in [2.05, 4.69) is 0 Å². The number of aliphatic hydroxyl groups is 1. The molecule has 0 amide bonds. The summed E-state index contributed by atoms with van der Waals surface area (Å²) in [6.45, 7) is 0. The molecule has 0 aliphatic rings. The average Bonchev–Trinajstić information content (AvgIpc) is 1.37. The van der Waals surface area contributed by atoms with E-state index in [-0.39, 0.29) is 0 Å². The van der Waals surface area contributed by atoms with Crippen molar-refractivity contribution in [2.45, 2.75) is 0 Å². The monoisotopic (exact) mass is 58.0 g/mol. The van der Waals surface area contributed by atoms with E-state index in [1.54, 1.807) is 0 Å². The van der Waals surface area contributed by atoms with Gasteiger partial charge in [-0.1, -0.05) is 0 Å². The van der Waals surface area contributed by atoms with Gasteiger partial charge in [-0.3, -0.25) is 0 Å². The Morgan fingerprint density at radius 1 is 1.75 bits per heavy atom. The fourth-order valence-electron chi connectivity index (χ4n) is 0. The van der Waals surface area contributed by atoms with E-state index in [9.17, 15) is 0 Å². The summed E-state index contributed by atoms with van der Waals surface area (Å²) in [5.74, 6) is 0. The minimum atomic E-state index is 0.556. The van der Waals surface area contributed by atoms with Crippen LogP contribution in [0.5, 0.6) is 0 Å². The zero-order chi connectivity index (χ0) is 3.41. The number of hydrogen-bond acceptors (Lipinski definition) is 2. The van der Waals surface area contributed by atoms with Gasteiger partial charge in [0.25, 0.3) is 0 Å². The zero-order valence-corrected chi connectivity index (χ0v) is 2.05. The second kappa shape index (κ2) is 2.53. The normalized spacial score (nSPS) is 7.00. The molecule has 0 rings (SSSR count). The Balaban J connectivity index is 2.55. The van der Waals surface area contributed by atoms with Crippen LogP contribution in [0.2, 0.25) is 0 Å². The standard InChI is InChI=1S/CH3BO2/c3-1-2-4/h1,3-4H. The summed E-state index contributed by atoms with van der Waals surface area (Å²) in [5.41, 5.74) is 0. The molecule has 0 saturated heterocycles. The predicted molar refractivity (Wildman–Crippen MR) is 16.0 cm³/mol. The van der Waals surface area contributed by atoms with Crippen LogP contribution in [0.25, 0.3) is 0 Å². The Hall–Kier alpha value is -0.465. The van der Waals surface area contributed by atoms with Crippen LogP contribution in [0.15, 0.2) is 0 Å². The average molecular weight is 57.8 g/mol. The molecule has 0 aromatic rings. The number of hydrogen-bond donors (Lipinski definition) is 2. The van der Waals surface area contributed by atoms with E-state index in [0.29, 0.717) is 13.3 Å². The Kier molecular flexibility index (Phi) is 2.24. The molecule has 3 heteroatoms. The van der Waals surface area contributed by atoms with Crippen molar-refractivity contribution in [1.29, 1.82) is 0 Å². The summed E-state index contributed by atoms with van der Waals surface area (Å²) < 4.78 is 0. The second-order valence-corrected chi connectivity index (χ2v) is 0.298. The predicted octanol–water partition coefficient (Wildman–Crippen LogP) is -1.27. The van der Waals surface area contributed by atoms with Gasteiger partial charge in [-0.05, 0) is 0 Å². The Morgan fingerprint density at radius 3 is 2.00 bits per heavy atom. The molecular formula is CH3BO2. The molecule has 0 aromatic carbocycles. The molecule has 2 N–H and O–H groups in total. The van der Waals surface area contributed by atoms with Crippen molar-refractivity contribution in [3.05, 3.63) is 0 Å². The van der Waals surface area contributed by atoms with Crippen LogP contribution in [0.3, 0.4) is 0 Å². The summed E-state index contributed by atoms with van der Waals surface area (Å²) in [6, 6.07) is 0. The fourth-order valence-corrected chi connectivity index (χ4v) is 0. The summed E-state index contributed by atoms with van der Waals surface area (Å²) in [5, 5.41) is 14.9. The van der Waals surface area contributed by atoms with Crippen molar-refractivity contribution in [2.24, 2.45) is 0 Å². The molecule has 0 spiro atoms. The van der Waals surface area contributed by atoms with Crippen molar-refractivity contribution in [1.82, 2.24) is 0 Å². The molecule has 0 radical (unpaired) electrons. The minimum absolute atomic E-state index is 0.556. The van der Waals surface area contributed by atoms with Gasteiger partial charge in [0, 0.05) is 0 Å². The fraction of sp³-hybridized carbons (Fsp3) is 0. The number of aliphatic hydroxyl groups excluding tert-OH is 1. The molecule has 0 bridgehead atoms. The molecule has 0 atom stereocenters. The third-order valence-corrected chi connectivity index (χ3v) is 0.0667. The van der Waals surface area contributed by atoms with Crippen molar-refractivity contribution < 1.29 is 10.1 Å². The molecule has 0 unspecified atom stereocenters. The van der Waals surface area contributed by atoms with Crippen LogP contribution in [-0.2, 0) is 0 Å². The maximum absolute atomic E-state index is 7.44. The molecule has 4 heavy (non-hydrogen) atoms. The van der Waals surface area contributed by atoms with E-state index < -0.39 is 0 Å². The topological polar surface area (TPSA) is 40.5 Å². The Labute approximate surface area is 24.6 Å². The molecule has 22 valence electrons. The van der Waals surface area contributed by atoms with Crippen molar-refractivity contribution in [2.75, 3.05) is 0 Å². The van der Waals surface area contributed by atoms with Crippen molar-refractivity contribution in [3.8, 4) is 0 Å². The van der Waals surface area contributed by atoms with E-state index in [1.165, 1.54) is 0 Å². The molecule has 0 aliphatic heterocycles. The van der Waals surface area contributed by atoms with Gasteiger partial charge in [-0.2, -0.15) is 0 Å². The quantitative estimate of drug-likeness (QED) is 0.341. The summed E-state index contributed by atoms with van der Waals surface area (Å²) in [6.07, 6.45) is 0.556. The first-order valence-electron chi connectivity index (χ1n) is 0.850. The van der Waals surface area contributed by atoms with Gasteiger partial charge < -0.3 is 0 Å². The molecule has 0 fully saturated rings. The van der Waals surface area contributed by atoms with Crippen LogP contribution in [0.1, 0.15) is 0 Å². The van der Waals surface area contributed by atoms with Crippen LogP contribution in [-0.4, -0.2) is 23.4 Å². The van der Waals surface area contributed by atoms with Crippen LogP contribution < -0.4 is 0 Å². The van der Waals surface area contributed by atoms with Gasteiger partial charge in [0.2, 0.25) is 0 Å². The number of rotatable bonds is 0. The summed E-state index contributed by atoms with van der Waals surface area (Å²) in [7, 11) is 0.556. The molecule has 0 aromatic heterocycles. The zero-order valence-electron chi connectivity index (χ0n) is 2.05. The van der Waals surface area contributed by atoms with Gasteiger partial charge in [-0.25, -0.2) is 0 Å². The summed E-state index contributed by atoms with van der Waals surface area (Å²) in [4.78, 5) is 0. The maximum atomic E-state index is 7.44. The van der Waals surface area contributed by atoms with Gasteiger partial charge in [0.05, 0.1) is 0 Å². The van der Waals surface area contributed by atoms with E-state index >= 15 is 0 Å². The van der Waals surface area contributed by atoms with E-state index in [4.69, 9.17) is 10.1 Å². The first-order chi connectivity index (χ1) is 1.91. The molecule has 2 nitrogen and oxygen atoms in total. The summed E-state index contributed by atoms with van der Waals surface area (Å²) >= 11 is 0. The van der Waals surface area contributed by atoms with E-state index in [1.807, 2.05) is 0 Å². The first-order valence-corrected chi connectivity index (χ1v) is 0.850. The third-order valence-electron chi connectivity index (χ3n) is 0.0667. The first kappa shape index (κ1) is 3.53. The van der Waals surface area contributed by atoms with Crippen LogP contribution in [0.4, 0.5) is 0 Å². The van der Waals surface area contributed by atoms with Gasteiger partial charge >= 0.3 is 23.4 Å². The molecule has 0 heterocycles. The van der Waals surface area contributed by atoms with Crippen molar-refractivity contribution >= 4 is 13.3 Å². The van der Waals surface area contributed by atoms with Gasteiger partial charge in [-0.15, -0.1) is 0 Å². The van der Waals surface area contributed by atoms with E-state index in [0.717, 1.165) is 0 Å². The molecule has 0 aliphatic carbocycles. The van der Waals surface area contributed by atoms with Crippen LogP contribution >= 0.6 is 0 Å². The van der Waals surface area contributed by atoms with Gasteiger partial charge in [0.1, 0.15) is 0 Å². The second-order valence-electron chi connectivity index (χ2n) is 0.298. The molecular weight excluding hydrogens is 54.8 g/mol. The van der Waals surface area contributed by atoms with Crippen molar-refractivity contribution in [3.63, 3.8) is 0 Å². The Morgan fingerprint density at radius 2 is 2.00 bits per heavy atom. The third kappa shape index (κ3) is 1.53. The van der Waals surface area contributed by atoms with Crippen LogP contribution in [0, 0.1) is 0 Å². The van der Waals surface area contributed by atoms with Gasteiger partial charge in [0.15, 0.2) is 0 Å². The molecule has 0 saturated carbocycles. The Bertz CT molecular complexity index is 21.2.